The monoisotopic (exact) mass is 1360 g/mol. The Bertz CT molecular complexity index is 3140. The SMILES string of the molecule is CC1=C2C[C@H]3[C@@H](CCC4=CC(=O)CC[C@@]43C)C2CC[C@@]2(C1)O[C@@H]1C[C@H](C)CN[C@H]1[C@H]2C.CC1=C2C[C@H]3[C@@H](CC[C@@H]4CC(=O)CC[C@@]43C)[C@@H]2CC[C@@]2(C1)O[C@@H]1C[C@H](C)CN(C(C)C)[C@H]1[C@H]2C.CC1=C2C[C@H]3[C@@H](CC[C@@H]4CC(=O)CC[C@@]43C)[C@@H]2CC[C@@]2(C1)O[C@@H]1C[C@H](C)CN(C(C)C)[C@H]1[C@H]2C. The van der Waals surface area contributed by atoms with Crippen LogP contribution in [0, 0.1) is 117 Å². The number of nitrogens with one attached hydrogen (secondary N) is 1. The molecular formula is C90H139N3O6. The summed E-state index contributed by atoms with van der Waals surface area (Å²) < 4.78 is 21.4. The molecule has 3 spiro atoms. The Morgan fingerprint density at radius 3 is 1.35 bits per heavy atom. The second kappa shape index (κ2) is 26.0. The summed E-state index contributed by atoms with van der Waals surface area (Å²) in [5.74, 6) is 13.9. The minimum atomic E-state index is 0.0435. The molecule has 9 heteroatoms. The van der Waals surface area contributed by atoms with E-state index in [1.807, 2.05) is 17.2 Å². The van der Waals surface area contributed by atoms with E-state index < -0.39 is 0 Å². The third-order valence-corrected chi connectivity index (χ3v) is 35.5. The highest BCUT2D eigenvalue weighted by atomic mass is 16.5. The molecule has 0 aromatic heterocycles. The maximum Gasteiger partial charge on any atom is 0.155 e. The van der Waals surface area contributed by atoms with Crippen LogP contribution in [0.3, 0.4) is 0 Å². The first kappa shape index (κ1) is 71.0. The van der Waals surface area contributed by atoms with Crippen LogP contribution in [0.2, 0.25) is 0 Å². The van der Waals surface area contributed by atoms with Gasteiger partial charge in [-0.3, -0.25) is 24.2 Å². The zero-order valence-electron chi connectivity index (χ0n) is 65.5. The van der Waals surface area contributed by atoms with Gasteiger partial charge in [0.25, 0.3) is 0 Å². The summed E-state index contributed by atoms with van der Waals surface area (Å²) in [7, 11) is 0. The number of ether oxygens (including phenoxy) is 3. The highest BCUT2D eigenvalue weighted by molar-refractivity contribution is 5.91. The summed E-state index contributed by atoms with van der Waals surface area (Å²) in [4.78, 5) is 42.2. The van der Waals surface area contributed by atoms with E-state index in [9.17, 15) is 14.4 Å². The highest BCUT2D eigenvalue weighted by Crippen LogP contribution is 2.69. The molecule has 14 fully saturated rings. The molecule has 18 rings (SSSR count). The van der Waals surface area contributed by atoms with Gasteiger partial charge in [-0.15, -0.1) is 0 Å². The Kier molecular flexibility index (Phi) is 18.7. The first-order valence-corrected chi connectivity index (χ1v) is 42.7. The second-order valence-corrected chi connectivity index (χ2v) is 41.0. The maximum atomic E-state index is 12.2. The number of Topliss-reactive ketones (excluding diaryl/α,β-unsaturated/α-hetero) is 2. The Labute approximate surface area is 601 Å². The molecule has 12 aliphatic carbocycles. The summed E-state index contributed by atoms with van der Waals surface area (Å²) in [6.45, 7) is 42.9. The highest BCUT2D eigenvalue weighted by Gasteiger charge is 2.65. The fraction of sp³-hybridized carbons (Fsp3) is 0.878. The maximum absolute atomic E-state index is 12.2. The van der Waals surface area contributed by atoms with Gasteiger partial charge in [0.1, 0.15) is 11.6 Å². The minimum Gasteiger partial charge on any atom is -0.369 e. The topological polar surface area (TPSA) is 97.4 Å². The van der Waals surface area contributed by atoms with E-state index in [0.29, 0.717) is 106 Å². The molecule has 0 aromatic rings. The van der Waals surface area contributed by atoms with Crippen LogP contribution < -0.4 is 5.32 Å². The van der Waals surface area contributed by atoms with E-state index >= 15 is 0 Å². The van der Waals surface area contributed by atoms with Gasteiger partial charge in [0, 0.05) is 93.2 Å². The van der Waals surface area contributed by atoms with Gasteiger partial charge in [0.05, 0.1) is 35.1 Å². The Hall–Kier alpha value is -2.27. The van der Waals surface area contributed by atoms with Crippen LogP contribution >= 0.6 is 0 Å². The molecule has 18 aliphatic rings. The largest absolute Gasteiger partial charge is 0.369 e. The molecule has 550 valence electrons. The minimum absolute atomic E-state index is 0.0435. The van der Waals surface area contributed by atoms with Gasteiger partial charge in [-0.25, -0.2) is 0 Å². The lowest BCUT2D eigenvalue weighted by atomic mass is 9.52. The number of allylic oxidation sites excluding steroid dienone is 5. The van der Waals surface area contributed by atoms with Crippen LogP contribution in [-0.4, -0.2) is 112 Å². The van der Waals surface area contributed by atoms with Crippen molar-refractivity contribution in [3.8, 4) is 0 Å². The summed E-state index contributed by atoms with van der Waals surface area (Å²) in [6.07, 6.45) is 37.3. The number of likely N-dealkylation sites (tertiary alicyclic amines) is 2. The van der Waals surface area contributed by atoms with Gasteiger partial charge in [-0.2, -0.15) is 0 Å². The number of nitrogens with zero attached hydrogens (tertiary/aromatic N) is 2. The third-order valence-electron chi connectivity index (χ3n) is 35.5. The quantitative estimate of drug-likeness (QED) is 0.271. The van der Waals surface area contributed by atoms with Crippen LogP contribution in [0.1, 0.15) is 297 Å². The molecule has 0 radical (unpaired) electrons. The number of hydrogen-bond donors (Lipinski definition) is 1. The molecule has 0 bridgehead atoms. The summed E-state index contributed by atoms with van der Waals surface area (Å²) in [5, 5.41) is 3.85. The lowest BCUT2D eigenvalue weighted by Gasteiger charge is -2.52. The summed E-state index contributed by atoms with van der Waals surface area (Å²) in [6, 6.07) is 2.92. The van der Waals surface area contributed by atoms with E-state index in [4.69, 9.17) is 14.2 Å². The van der Waals surface area contributed by atoms with Crippen molar-refractivity contribution in [2.24, 2.45) is 117 Å². The number of piperidine rings is 3. The van der Waals surface area contributed by atoms with E-state index in [-0.39, 0.29) is 22.2 Å². The Morgan fingerprint density at radius 2 is 0.889 bits per heavy atom. The molecule has 8 saturated carbocycles. The Morgan fingerprint density at radius 1 is 0.465 bits per heavy atom. The van der Waals surface area contributed by atoms with Crippen molar-refractivity contribution < 1.29 is 28.6 Å². The molecule has 6 heterocycles. The lowest BCUT2D eigenvalue weighted by Crippen LogP contribution is -2.54. The molecule has 6 aliphatic heterocycles. The van der Waals surface area contributed by atoms with Crippen molar-refractivity contribution in [2.45, 2.75) is 362 Å². The van der Waals surface area contributed by atoms with Crippen LogP contribution in [0.5, 0.6) is 0 Å². The summed E-state index contributed by atoms with van der Waals surface area (Å²) >= 11 is 0. The van der Waals surface area contributed by atoms with Crippen molar-refractivity contribution >= 4 is 17.3 Å². The molecule has 29 atom stereocenters. The zero-order chi connectivity index (χ0) is 69.5. The van der Waals surface area contributed by atoms with Crippen LogP contribution in [0.4, 0.5) is 0 Å². The smallest absolute Gasteiger partial charge is 0.155 e. The fourth-order valence-corrected chi connectivity index (χ4v) is 30.1. The number of fused-ring (bicyclic) bond motifs is 18. The number of rotatable bonds is 2. The number of carbonyl (C=O) groups excluding carboxylic acids is 3. The van der Waals surface area contributed by atoms with E-state index in [2.05, 4.69) is 126 Å². The number of hydrogen-bond acceptors (Lipinski definition) is 9. The fourth-order valence-electron chi connectivity index (χ4n) is 30.1. The van der Waals surface area contributed by atoms with Crippen LogP contribution in [0.25, 0.3) is 0 Å². The molecule has 9 nitrogen and oxygen atoms in total. The average Bonchev–Trinajstić information content (AvgIpc) is 1.60. The van der Waals surface area contributed by atoms with Gasteiger partial charge < -0.3 is 19.5 Å². The van der Waals surface area contributed by atoms with Gasteiger partial charge in [0.15, 0.2) is 5.78 Å². The van der Waals surface area contributed by atoms with E-state index in [1.54, 1.807) is 22.3 Å². The van der Waals surface area contributed by atoms with Crippen LogP contribution in [0.15, 0.2) is 45.1 Å². The van der Waals surface area contributed by atoms with Gasteiger partial charge >= 0.3 is 0 Å². The molecular weight excluding hydrogens is 1220 g/mol. The molecule has 0 aromatic carbocycles. The van der Waals surface area contributed by atoms with Gasteiger partial charge in [0.2, 0.25) is 0 Å². The third kappa shape index (κ3) is 11.6. The lowest BCUT2D eigenvalue weighted by molar-refractivity contribution is -0.130. The van der Waals surface area contributed by atoms with Gasteiger partial charge in [-0.05, 0) is 314 Å². The molecule has 6 saturated heterocycles. The zero-order valence-corrected chi connectivity index (χ0v) is 65.5. The standard InChI is InChI=1S/2C31H49NO2.C28H41NO2/c2*1-18(2)32-17-19(3)13-28-29(32)21(5)31(34-28)12-10-24-25-8-7-22-14-23(33)9-11-30(22,6)27(25)15-26(24)20(4)16-31;1-16-11-25-26(29-15-16)18(3)28(31-25)10-8-21-22-6-5-19-12-20(30)7-9-27(19,4)24(22)13-23(21)17(2)14-28/h2*18-19,21-22,24-25,27-29H,7-17H2,1-6H3;12,16,18,21-22,24-26,29H,5-11,13-15H2,1-4H3/t2*19-,21+,22+,24-,25-,27-,28+,29-,30-,31-;16-,18+,21?,22-,24-,25+,26-,27-,28-/m000/s1. The number of ketones is 3. The van der Waals surface area contributed by atoms with E-state index in [0.717, 1.165) is 155 Å². The normalized spacial score (nSPS) is 51.4. The van der Waals surface area contributed by atoms with Crippen molar-refractivity contribution in [3.05, 3.63) is 45.1 Å². The molecule has 99 heavy (non-hydrogen) atoms. The van der Waals surface area contributed by atoms with E-state index in [1.165, 1.54) is 128 Å². The van der Waals surface area contributed by atoms with Crippen molar-refractivity contribution in [2.75, 3.05) is 19.6 Å². The predicted molar refractivity (Wildman–Crippen MR) is 399 cm³/mol. The molecule has 1 N–H and O–H groups in total. The summed E-state index contributed by atoms with van der Waals surface area (Å²) in [5.41, 5.74) is 13.1. The number of carbonyl (C=O) groups is 3. The van der Waals surface area contributed by atoms with Crippen molar-refractivity contribution in [1.82, 2.24) is 15.1 Å². The first-order valence-electron chi connectivity index (χ1n) is 42.7. The average molecular weight is 1360 g/mol. The van der Waals surface area contributed by atoms with Crippen molar-refractivity contribution in [3.63, 3.8) is 0 Å². The Balaban J connectivity index is 0.000000116. The van der Waals surface area contributed by atoms with Gasteiger partial charge in [-0.1, -0.05) is 101 Å². The van der Waals surface area contributed by atoms with Crippen molar-refractivity contribution in [1.29, 1.82) is 0 Å². The van der Waals surface area contributed by atoms with Crippen LogP contribution in [-0.2, 0) is 28.6 Å². The molecule has 1 unspecified atom stereocenters. The predicted octanol–water partition coefficient (Wildman–Crippen LogP) is 19.2. The second-order valence-electron chi connectivity index (χ2n) is 41.0. The molecule has 0 amide bonds. The first-order chi connectivity index (χ1) is 47.1.